The number of hydrogen-bond acceptors (Lipinski definition) is 2. The van der Waals surface area contributed by atoms with Crippen molar-refractivity contribution in [3.05, 3.63) is 12.1 Å². The van der Waals surface area contributed by atoms with Crippen LogP contribution in [-0.4, -0.2) is 20.9 Å². The first-order chi connectivity index (χ1) is 3.18. The van der Waals surface area contributed by atoms with Crippen LogP contribution in [-0.2, 0) is 9.53 Å². The van der Waals surface area contributed by atoms with Crippen LogP contribution < -0.4 is 0 Å². The Kier molecular flexibility index (Phi) is 2.19. The number of hydrogen-bond donors (Lipinski definition) is 0. The Labute approximate surface area is 43.6 Å². The molecule has 0 heterocycles. The minimum Gasteiger partial charge on any atom is -0.466 e. The number of carbonyl (C=O) groups excluding carboxylic acids is 1. The first-order valence-electron chi connectivity index (χ1n) is 1.92. The third-order valence-electron chi connectivity index (χ3n) is 0.534. The van der Waals surface area contributed by atoms with Gasteiger partial charge >= 0.3 is 5.97 Å². The number of ether oxygens (including phenoxy) is 1. The highest BCUT2D eigenvalue weighted by Gasteiger charge is 1.95. The average molecular weight is 97.9 g/mol. The Morgan fingerprint density at radius 1 is 1.86 bits per heavy atom. The fourth-order valence-electron chi connectivity index (χ4n) is 0.174. The Bertz CT molecular complexity index is 97.9. The molecule has 0 radical (unpaired) electrons. The van der Waals surface area contributed by atoms with Crippen LogP contribution in [0.1, 0.15) is 0 Å². The summed E-state index contributed by atoms with van der Waals surface area (Å²) >= 11 is 0. The molecule has 0 N–H and O–H groups in total. The second-order valence-corrected chi connectivity index (χ2v) is 1.27. The van der Waals surface area contributed by atoms with Crippen LogP contribution in [0.25, 0.3) is 0 Å². The van der Waals surface area contributed by atoms with E-state index in [0.717, 1.165) is 0 Å². The molecule has 0 rings (SSSR count). The molecule has 0 aliphatic heterocycles. The van der Waals surface area contributed by atoms with E-state index in [1.54, 1.807) is 7.85 Å². The van der Waals surface area contributed by atoms with Gasteiger partial charge in [0.1, 0.15) is 7.85 Å². The van der Waals surface area contributed by atoms with Crippen molar-refractivity contribution in [2.75, 3.05) is 7.11 Å². The highest BCUT2D eigenvalue weighted by Crippen LogP contribution is 1.81. The molecule has 2 nitrogen and oxygen atoms in total. The summed E-state index contributed by atoms with van der Waals surface area (Å²) in [5.41, 5.74) is 0.433. The van der Waals surface area contributed by atoms with Crippen molar-refractivity contribution < 1.29 is 9.53 Å². The summed E-state index contributed by atoms with van der Waals surface area (Å²) in [7, 11) is 2.93. The van der Waals surface area contributed by atoms with Crippen LogP contribution >= 0.6 is 0 Å². The van der Waals surface area contributed by atoms with Crippen LogP contribution in [0.2, 0.25) is 0 Å². The molecule has 0 atom stereocenters. The summed E-state index contributed by atoms with van der Waals surface area (Å²) in [6, 6.07) is 0. The fraction of sp³-hybridized carbons (Fsp3) is 0.250. The maximum absolute atomic E-state index is 10.2. The molecule has 0 aromatic carbocycles. The van der Waals surface area contributed by atoms with Crippen molar-refractivity contribution in [3.63, 3.8) is 0 Å². The molecule has 3 heteroatoms. The second kappa shape index (κ2) is 2.45. The molecule has 0 spiro atoms. The van der Waals surface area contributed by atoms with E-state index in [9.17, 15) is 4.79 Å². The van der Waals surface area contributed by atoms with E-state index in [4.69, 9.17) is 0 Å². The van der Waals surface area contributed by atoms with Crippen LogP contribution in [0.4, 0.5) is 0 Å². The summed E-state index contributed by atoms with van der Waals surface area (Å²) in [4.78, 5) is 10.2. The zero-order valence-corrected chi connectivity index (χ0v) is 4.52. The predicted molar refractivity (Wildman–Crippen MR) is 29.7 cm³/mol. The molecule has 0 unspecified atom stereocenters. The van der Waals surface area contributed by atoms with Crippen LogP contribution in [0.5, 0.6) is 0 Å². The Morgan fingerprint density at radius 3 is 2.29 bits per heavy atom. The van der Waals surface area contributed by atoms with Gasteiger partial charge in [0.2, 0.25) is 0 Å². The first kappa shape index (κ1) is 6.27. The van der Waals surface area contributed by atoms with Gasteiger partial charge in [-0.3, -0.25) is 0 Å². The minimum atomic E-state index is -0.347. The summed E-state index contributed by atoms with van der Waals surface area (Å²) < 4.78 is 4.27. The summed E-state index contributed by atoms with van der Waals surface area (Å²) in [6.45, 7) is 3.35. The molecular formula is C4H7BO2. The lowest BCUT2D eigenvalue weighted by atomic mass is 9.99. The molecule has 0 saturated carbocycles. The number of esters is 1. The molecule has 38 valence electrons. The van der Waals surface area contributed by atoms with Gasteiger partial charge in [0, 0.05) is 0 Å². The van der Waals surface area contributed by atoms with Crippen molar-refractivity contribution in [1.82, 2.24) is 0 Å². The summed E-state index contributed by atoms with van der Waals surface area (Å²) in [6.07, 6.45) is 0. The third kappa shape index (κ3) is 2.03. The largest absolute Gasteiger partial charge is 0.466 e. The van der Waals surface area contributed by atoms with Gasteiger partial charge in [0.05, 0.1) is 7.11 Å². The number of rotatable bonds is 1. The van der Waals surface area contributed by atoms with E-state index in [2.05, 4.69) is 11.3 Å². The van der Waals surface area contributed by atoms with E-state index in [0.29, 0.717) is 5.47 Å². The van der Waals surface area contributed by atoms with E-state index in [1.165, 1.54) is 7.11 Å². The van der Waals surface area contributed by atoms with Crippen molar-refractivity contribution in [2.24, 2.45) is 0 Å². The van der Waals surface area contributed by atoms with Gasteiger partial charge in [-0.1, -0.05) is 6.58 Å². The van der Waals surface area contributed by atoms with Gasteiger partial charge < -0.3 is 4.74 Å². The molecular weight excluding hydrogens is 90.9 g/mol. The van der Waals surface area contributed by atoms with E-state index >= 15 is 0 Å². The quantitative estimate of drug-likeness (QED) is 0.246. The lowest BCUT2D eigenvalue weighted by molar-refractivity contribution is -0.135. The molecule has 0 bridgehead atoms. The number of carbonyl (C=O) groups is 1. The van der Waals surface area contributed by atoms with Crippen LogP contribution in [0.15, 0.2) is 12.1 Å². The standard InChI is InChI=1S/C4H7BO2/c1-3(5)4(6)7-2/h1,5H2,2H3. The smallest absolute Gasteiger partial charge is 0.323 e. The monoisotopic (exact) mass is 98.1 g/mol. The van der Waals surface area contributed by atoms with Gasteiger partial charge in [-0.05, 0) is 5.47 Å². The molecule has 7 heavy (non-hydrogen) atoms. The van der Waals surface area contributed by atoms with Gasteiger partial charge in [-0.2, -0.15) is 0 Å². The van der Waals surface area contributed by atoms with Crippen molar-refractivity contribution in [1.29, 1.82) is 0 Å². The van der Waals surface area contributed by atoms with Crippen molar-refractivity contribution >= 4 is 13.8 Å². The van der Waals surface area contributed by atoms with Gasteiger partial charge in [-0.15, -0.1) is 0 Å². The maximum Gasteiger partial charge on any atom is 0.323 e. The molecule has 0 aromatic rings. The topological polar surface area (TPSA) is 26.3 Å². The lowest BCUT2D eigenvalue weighted by Gasteiger charge is -1.91. The molecule has 0 aliphatic carbocycles. The van der Waals surface area contributed by atoms with Crippen LogP contribution in [0.3, 0.4) is 0 Å². The Balaban J connectivity index is 3.58. The van der Waals surface area contributed by atoms with Gasteiger partial charge in [0.15, 0.2) is 0 Å². The van der Waals surface area contributed by atoms with Crippen LogP contribution in [0, 0.1) is 0 Å². The lowest BCUT2D eigenvalue weighted by Crippen LogP contribution is -2.01. The van der Waals surface area contributed by atoms with Crippen molar-refractivity contribution in [3.8, 4) is 0 Å². The molecule has 0 aliphatic rings. The SMILES string of the molecule is BC(=C)C(=O)OC. The average Bonchev–Trinajstić information content (AvgIpc) is 1.65. The normalized spacial score (nSPS) is 7.57. The zero-order chi connectivity index (χ0) is 5.86. The maximum atomic E-state index is 10.2. The fourth-order valence-corrected chi connectivity index (χ4v) is 0.174. The second-order valence-electron chi connectivity index (χ2n) is 1.27. The van der Waals surface area contributed by atoms with Gasteiger partial charge in [0.25, 0.3) is 0 Å². The van der Waals surface area contributed by atoms with Gasteiger partial charge in [-0.25, -0.2) is 4.79 Å². The van der Waals surface area contributed by atoms with Crippen molar-refractivity contribution in [2.45, 2.75) is 0 Å². The first-order valence-corrected chi connectivity index (χ1v) is 1.92. The summed E-state index contributed by atoms with van der Waals surface area (Å²) in [5.74, 6) is -0.347. The Hall–Kier alpha value is -0.725. The Morgan fingerprint density at radius 2 is 2.29 bits per heavy atom. The third-order valence-corrected chi connectivity index (χ3v) is 0.534. The van der Waals surface area contributed by atoms with E-state index < -0.39 is 0 Å². The zero-order valence-electron chi connectivity index (χ0n) is 4.52. The van der Waals surface area contributed by atoms with E-state index in [1.807, 2.05) is 0 Å². The summed E-state index contributed by atoms with van der Waals surface area (Å²) in [5, 5.41) is 0. The molecule has 0 fully saturated rings. The molecule has 0 saturated heterocycles. The molecule has 0 aromatic heterocycles. The molecule has 0 amide bonds. The highest BCUT2D eigenvalue weighted by atomic mass is 16.5. The minimum absolute atomic E-state index is 0.347. The highest BCUT2D eigenvalue weighted by molar-refractivity contribution is 6.34. The number of methoxy groups -OCH3 is 1. The predicted octanol–water partition coefficient (Wildman–Crippen LogP) is -0.694. The van der Waals surface area contributed by atoms with E-state index in [-0.39, 0.29) is 5.97 Å².